The molecule has 0 spiro atoms. The highest BCUT2D eigenvalue weighted by atomic mass is 16.6. The summed E-state index contributed by atoms with van der Waals surface area (Å²) < 4.78 is 0. The fourth-order valence-electron chi connectivity index (χ4n) is 2.44. The second-order valence-corrected chi connectivity index (χ2v) is 5.34. The van der Waals surface area contributed by atoms with Crippen LogP contribution in [0.1, 0.15) is 20.3 Å². The topological polar surface area (TPSA) is 110 Å². The van der Waals surface area contributed by atoms with Crippen LogP contribution in [0.4, 0.5) is 17.3 Å². The Morgan fingerprint density at radius 1 is 1.60 bits per heavy atom. The Hall–Kier alpha value is -1.96. The van der Waals surface area contributed by atoms with Gasteiger partial charge in [0.1, 0.15) is 6.33 Å². The summed E-state index contributed by atoms with van der Waals surface area (Å²) in [6.07, 6.45) is 2.32. The molecule has 0 radical (unpaired) electrons. The van der Waals surface area contributed by atoms with E-state index in [4.69, 9.17) is 5.73 Å². The summed E-state index contributed by atoms with van der Waals surface area (Å²) in [6.45, 7) is 7.06. The Bertz CT molecular complexity index is 493. The van der Waals surface area contributed by atoms with Crippen LogP contribution in [0.5, 0.6) is 0 Å². The number of aromatic nitrogens is 2. The van der Waals surface area contributed by atoms with Crippen molar-refractivity contribution in [3.05, 3.63) is 16.4 Å². The first kappa shape index (κ1) is 14.4. The minimum Gasteiger partial charge on any atom is -0.378 e. The summed E-state index contributed by atoms with van der Waals surface area (Å²) in [4.78, 5) is 20.4. The smallest absolute Gasteiger partial charge is 0.352 e. The number of nitrogens with one attached hydrogen (secondary N) is 1. The number of anilines is 2. The highest BCUT2D eigenvalue weighted by molar-refractivity contribution is 5.67. The van der Waals surface area contributed by atoms with E-state index in [9.17, 15) is 10.1 Å². The molecule has 1 unspecified atom stereocenters. The molecule has 0 bridgehead atoms. The number of nitro groups is 1. The van der Waals surface area contributed by atoms with Gasteiger partial charge in [-0.3, -0.25) is 10.1 Å². The monoisotopic (exact) mass is 280 g/mol. The average molecular weight is 280 g/mol. The van der Waals surface area contributed by atoms with E-state index in [1.807, 2.05) is 0 Å². The second kappa shape index (κ2) is 6.00. The van der Waals surface area contributed by atoms with Gasteiger partial charge in [0.25, 0.3) is 0 Å². The van der Waals surface area contributed by atoms with Gasteiger partial charge >= 0.3 is 5.69 Å². The van der Waals surface area contributed by atoms with Gasteiger partial charge in [-0.2, -0.15) is 0 Å². The van der Waals surface area contributed by atoms with Gasteiger partial charge < -0.3 is 16.0 Å². The zero-order chi connectivity index (χ0) is 14.7. The lowest BCUT2D eigenvalue weighted by Gasteiger charge is -2.20. The van der Waals surface area contributed by atoms with Crippen molar-refractivity contribution in [2.24, 2.45) is 5.92 Å². The summed E-state index contributed by atoms with van der Waals surface area (Å²) in [5.74, 6) is 0.557. The normalized spacial score (nSPS) is 19.4. The minimum atomic E-state index is -0.549. The van der Waals surface area contributed by atoms with Gasteiger partial charge in [0.2, 0.25) is 11.6 Å². The molecule has 0 saturated carbocycles. The number of hydrogen-bond donors (Lipinski definition) is 2. The van der Waals surface area contributed by atoms with Crippen LogP contribution in [0.3, 0.4) is 0 Å². The van der Waals surface area contributed by atoms with E-state index in [-0.39, 0.29) is 17.3 Å². The molecule has 1 saturated heterocycles. The van der Waals surface area contributed by atoms with Crippen LogP contribution in [0.25, 0.3) is 0 Å². The van der Waals surface area contributed by atoms with E-state index in [1.165, 1.54) is 6.33 Å². The Morgan fingerprint density at radius 2 is 2.35 bits per heavy atom. The van der Waals surface area contributed by atoms with Gasteiger partial charge in [0, 0.05) is 19.1 Å². The molecule has 0 aromatic carbocycles. The van der Waals surface area contributed by atoms with E-state index in [2.05, 4.69) is 34.0 Å². The molecule has 0 aliphatic carbocycles. The van der Waals surface area contributed by atoms with Crippen molar-refractivity contribution in [3.63, 3.8) is 0 Å². The third-order valence-corrected chi connectivity index (χ3v) is 3.64. The summed E-state index contributed by atoms with van der Waals surface area (Å²) in [5.41, 5.74) is 5.28. The third kappa shape index (κ3) is 3.13. The number of nitrogens with zero attached hydrogens (tertiary/aromatic N) is 4. The molecule has 1 aromatic rings. The molecule has 1 fully saturated rings. The highest BCUT2D eigenvalue weighted by Gasteiger charge is 2.26. The van der Waals surface area contributed by atoms with Crippen LogP contribution < -0.4 is 11.1 Å². The molecular formula is C12H20N6O2. The van der Waals surface area contributed by atoms with E-state index in [0.717, 1.165) is 19.5 Å². The summed E-state index contributed by atoms with van der Waals surface area (Å²) in [6, 6.07) is 0.532. The molecule has 0 amide bonds. The first-order chi connectivity index (χ1) is 9.49. The zero-order valence-electron chi connectivity index (χ0n) is 11.7. The van der Waals surface area contributed by atoms with Crippen molar-refractivity contribution in [1.29, 1.82) is 0 Å². The SMILES string of the molecule is CC(C)N1CCC(CNc2ncnc(N)c2[N+](=O)[O-])C1. The maximum Gasteiger partial charge on any atom is 0.352 e. The van der Waals surface area contributed by atoms with Gasteiger partial charge in [0.15, 0.2) is 0 Å². The lowest BCUT2D eigenvalue weighted by atomic mass is 10.1. The Morgan fingerprint density at radius 3 is 2.95 bits per heavy atom. The Labute approximate surface area is 117 Å². The highest BCUT2D eigenvalue weighted by Crippen LogP contribution is 2.27. The van der Waals surface area contributed by atoms with Crippen molar-refractivity contribution in [3.8, 4) is 0 Å². The van der Waals surface area contributed by atoms with E-state index in [1.54, 1.807) is 0 Å². The molecule has 2 rings (SSSR count). The van der Waals surface area contributed by atoms with Gasteiger partial charge in [-0.05, 0) is 32.7 Å². The van der Waals surface area contributed by atoms with Gasteiger partial charge in [-0.1, -0.05) is 0 Å². The molecule has 1 aromatic heterocycles. The maximum atomic E-state index is 11.0. The predicted octanol–water partition coefficient (Wildman–Crippen LogP) is 1.11. The molecule has 3 N–H and O–H groups in total. The maximum absolute atomic E-state index is 11.0. The third-order valence-electron chi connectivity index (χ3n) is 3.64. The number of nitrogens with two attached hydrogens (primary N) is 1. The summed E-state index contributed by atoms with van der Waals surface area (Å²) in [5, 5.41) is 14.0. The molecule has 1 aliphatic heterocycles. The van der Waals surface area contributed by atoms with Crippen molar-refractivity contribution in [2.75, 3.05) is 30.7 Å². The lowest BCUT2D eigenvalue weighted by Crippen LogP contribution is -2.29. The van der Waals surface area contributed by atoms with Crippen LogP contribution >= 0.6 is 0 Å². The molecule has 8 nitrogen and oxygen atoms in total. The average Bonchev–Trinajstić information content (AvgIpc) is 2.84. The fraction of sp³-hybridized carbons (Fsp3) is 0.667. The Balaban J connectivity index is 1.98. The van der Waals surface area contributed by atoms with E-state index in [0.29, 0.717) is 18.5 Å². The number of nitrogen functional groups attached to an aromatic ring is 1. The molecule has 1 atom stereocenters. The molecule has 8 heteroatoms. The molecule has 2 heterocycles. The van der Waals surface area contributed by atoms with Crippen LogP contribution in [0, 0.1) is 16.0 Å². The van der Waals surface area contributed by atoms with Crippen molar-refractivity contribution in [2.45, 2.75) is 26.3 Å². The molecule has 1 aliphatic rings. The molecular weight excluding hydrogens is 260 g/mol. The first-order valence-electron chi connectivity index (χ1n) is 6.71. The predicted molar refractivity (Wildman–Crippen MR) is 76.4 cm³/mol. The van der Waals surface area contributed by atoms with Gasteiger partial charge in [-0.15, -0.1) is 0 Å². The van der Waals surface area contributed by atoms with Crippen LogP contribution in [-0.2, 0) is 0 Å². The van der Waals surface area contributed by atoms with E-state index >= 15 is 0 Å². The van der Waals surface area contributed by atoms with Crippen molar-refractivity contribution >= 4 is 17.3 Å². The quantitative estimate of drug-likeness (QED) is 0.614. The van der Waals surface area contributed by atoms with E-state index < -0.39 is 4.92 Å². The van der Waals surface area contributed by atoms with Crippen LogP contribution in [0.15, 0.2) is 6.33 Å². The number of hydrogen-bond acceptors (Lipinski definition) is 7. The Kier molecular flexibility index (Phi) is 4.33. The molecule has 110 valence electrons. The number of likely N-dealkylation sites (tertiary alicyclic amines) is 1. The minimum absolute atomic E-state index is 0.109. The fourth-order valence-corrected chi connectivity index (χ4v) is 2.44. The first-order valence-corrected chi connectivity index (χ1v) is 6.71. The van der Waals surface area contributed by atoms with Gasteiger partial charge in [-0.25, -0.2) is 9.97 Å². The van der Waals surface area contributed by atoms with Crippen LogP contribution in [0.2, 0.25) is 0 Å². The van der Waals surface area contributed by atoms with Gasteiger partial charge in [0.05, 0.1) is 4.92 Å². The van der Waals surface area contributed by atoms with Crippen LogP contribution in [-0.4, -0.2) is 45.5 Å². The number of rotatable bonds is 5. The standard InChI is InChI=1S/C12H20N6O2/c1-8(2)17-4-3-9(6-17)5-14-12-10(18(19)20)11(13)15-7-16-12/h7-9H,3-6H2,1-2H3,(H3,13,14,15,16). The zero-order valence-corrected chi connectivity index (χ0v) is 11.7. The largest absolute Gasteiger partial charge is 0.378 e. The molecule has 20 heavy (non-hydrogen) atoms. The second-order valence-electron chi connectivity index (χ2n) is 5.34. The summed E-state index contributed by atoms with van der Waals surface area (Å²) >= 11 is 0. The van der Waals surface area contributed by atoms with Crippen molar-refractivity contribution < 1.29 is 4.92 Å². The summed E-state index contributed by atoms with van der Waals surface area (Å²) in [7, 11) is 0. The lowest BCUT2D eigenvalue weighted by molar-refractivity contribution is -0.383. The van der Waals surface area contributed by atoms with Crippen molar-refractivity contribution in [1.82, 2.24) is 14.9 Å².